The highest BCUT2D eigenvalue weighted by molar-refractivity contribution is 5.84. The lowest BCUT2D eigenvalue weighted by Gasteiger charge is -2.20. The normalized spacial score (nSPS) is 13.0. The Balaban J connectivity index is 2.50. The minimum atomic E-state index is -0.500. The molecule has 0 aliphatic carbocycles. The van der Waals surface area contributed by atoms with Gasteiger partial charge < -0.3 is 10.1 Å². The Morgan fingerprint density at radius 1 is 1.32 bits per heavy atom. The average Bonchev–Trinajstić information content (AvgIpc) is 2.36. The van der Waals surface area contributed by atoms with Gasteiger partial charge in [0, 0.05) is 11.7 Å². The van der Waals surface area contributed by atoms with E-state index < -0.39 is 11.7 Å². The molecule has 122 valence electrons. The van der Waals surface area contributed by atoms with Gasteiger partial charge >= 0.3 is 6.09 Å². The third kappa shape index (κ3) is 7.46. The van der Waals surface area contributed by atoms with E-state index in [-0.39, 0.29) is 12.0 Å². The quantitative estimate of drug-likeness (QED) is 0.839. The summed E-state index contributed by atoms with van der Waals surface area (Å²) in [6.45, 7) is 16.3. The Bertz CT molecular complexity index is 478. The fraction of sp³-hybridized carbons (Fsp3) is 0.500. The van der Waals surface area contributed by atoms with Crippen molar-refractivity contribution < 1.29 is 9.53 Å². The average molecular weight is 304 g/mol. The number of carbonyl (C=O) groups excluding carboxylic acids is 1. The summed E-state index contributed by atoms with van der Waals surface area (Å²) < 4.78 is 5.24. The first-order valence-electron chi connectivity index (χ1n) is 7.66. The molecule has 0 heterocycles. The lowest BCUT2D eigenvalue weighted by molar-refractivity contribution is 0.0636. The van der Waals surface area contributed by atoms with Crippen LogP contribution in [0.5, 0.6) is 0 Å². The van der Waals surface area contributed by atoms with Crippen molar-refractivity contribution in [3.8, 4) is 0 Å². The Hall–Kier alpha value is -1.55. The van der Waals surface area contributed by atoms with Crippen molar-refractivity contribution >= 4 is 11.8 Å². The van der Waals surface area contributed by atoms with Gasteiger partial charge in [0.25, 0.3) is 0 Å². The third-order valence-corrected chi connectivity index (χ3v) is 3.08. The Morgan fingerprint density at radius 3 is 2.59 bits per heavy atom. The molecule has 1 aromatic rings. The largest absolute Gasteiger partial charge is 0.444 e. The van der Waals surface area contributed by atoms with Crippen molar-refractivity contribution in [3.05, 3.63) is 43.7 Å². The van der Waals surface area contributed by atoms with Gasteiger partial charge in [-0.15, -0.1) is 0 Å². The number of rotatable bonds is 6. The summed E-state index contributed by atoms with van der Waals surface area (Å²) >= 11 is 0. The molecule has 1 unspecified atom stereocenters. The molecule has 1 rings (SSSR count). The summed E-state index contributed by atoms with van der Waals surface area (Å²) in [5, 5.41) is 6.09. The first-order valence-corrected chi connectivity index (χ1v) is 7.66. The second kappa shape index (κ2) is 8.18. The molecule has 22 heavy (non-hydrogen) atoms. The molecule has 0 bridgehead atoms. The highest BCUT2D eigenvalue weighted by Gasteiger charge is 2.16. The maximum atomic E-state index is 11.8. The van der Waals surface area contributed by atoms with E-state index in [4.69, 9.17) is 4.74 Å². The van der Waals surface area contributed by atoms with Crippen molar-refractivity contribution in [3.63, 3.8) is 0 Å². The lowest BCUT2D eigenvalue weighted by Crippen LogP contribution is -2.32. The molecule has 4 nitrogen and oxygen atoms in total. The highest BCUT2D eigenvalue weighted by atomic mass is 16.6. The second-order valence-electron chi connectivity index (χ2n) is 6.62. The minimum absolute atomic E-state index is 0.142. The van der Waals surface area contributed by atoms with E-state index in [9.17, 15) is 4.79 Å². The zero-order valence-electron chi connectivity index (χ0n) is 14.1. The topological polar surface area (TPSA) is 50.4 Å². The van der Waals surface area contributed by atoms with Crippen LogP contribution >= 0.6 is 0 Å². The van der Waals surface area contributed by atoms with Gasteiger partial charge in [0.05, 0.1) is 0 Å². The standard InChI is InChI=1S/C18H28N2O2/c1-13(2)14(3)19-11-10-15-8-7-9-16(12-15)20-17(21)22-18(4,5)6/h7-9,12-14,19H,1,3,10-11H2,2,4-6H3,(H,20,21)/t13?,14-/m0/s1. The van der Waals surface area contributed by atoms with E-state index in [2.05, 4.69) is 24.5 Å². The molecule has 0 fully saturated rings. The van der Waals surface area contributed by atoms with E-state index in [1.165, 1.54) is 0 Å². The third-order valence-electron chi connectivity index (χ3n) is 3.08. The fourth-order valence-corrected chi connectivity index (χ4v) is 1.83. The number of benzene rings is 1. The zero-order chi connectivity index (χ0) is 16.8. The molecule has 2 N–H and O–H groups in total. The number of hydrogen-bond acceptors (Lipinski definition) is 3. The smallest absolute Gasteiger partial charge is 0.412 e. The van der Waals surface area contributed by atoms with Gasteiger partial charge in [-0.3, -0.25) is 5.32 Å². The van der Waals surface area contributed by atoms with Crippen molar-refractivity contribution in [1.29, 1.82) is 0 Å². The monoisotopic (exact) mass is 304 g/mol. The van der Waals surface area contributed by atoms with Crippen LogP contribution in [-0.4, -0.2) is 24.3 Å². The highest BCUT2D eigenvalue weighted by Crippen LogP contribution is 2.14. The van der Waals surface area contributed by atoms with Crippen LogP contribution in [0.15, 0.2) is 24.3 Å². The van der Waals surface area contributed by atoms with Gasteiger partial charge in [-0.25, -0.2) is 4.79 Å². The second-order valence-corrected chi connectivity index (χ2v) is 6.62. The predicted octanol–water partition coefficient (Wildman–Crippen LogP) is 3.84. The number of amides is 1. The van der Waals surface area contributed by atoms with E-state index in [1.807, 2.05) is 52.0 Å². The molecule has 0 aromatic heterocycles. The van der Waals surface area contributed by atoms with Gasteiger partial charge in [0.2, 0.25) is 0 Å². The minimum Gasteiger partial charge on any atom is -0.444 e. The van der Waals surface area contributed by atoms with Crippen molar-refractivity contribution in [2.45, 2.75) is 45.8 Å². The Morgan fingerprint density at radius 2 is 2.00 bits per heavy atom. The van der Waals surface area contributed by atoms with Crippen LogP contribution in [0.1, 0.15) is 33.3 Å². The number of ether oxygens (including phenoxy) is 1. The molecule has 0 aliphatic rings. The molecular weight excluding hydrogens is 276 g/mol. The van der Waals surface area contributed by atoms with Crippen LogP contribution in [0.3, 0.4) is 0 Å². The molecule has 1 amide bonds. The summed E-state index contributed by atoms with van der Waals surface area (Å²) in [6.07, 6.45) is 0.425. The molecule has 0 saturated heterocycles. The summed E-state index contributed by atoms with van der Waals surface area (Å²) in [5.74, 6) is 0.264. The van der Waals surface area contributed by atoms with E-state index >= 15 is 0 Å². The van der Waals surface area contributed by atoms with Crippen LogP contribution in [0, 0.1) is 19.8 Å². The van der Waals surface area contributed by atoms with E-state index in [1.54, 1.807) is 0 Å². The van der Waals surface area contributed by atoms with Crippen molar-refractivity contribution in [2.24, 2.45) is 5.92 Å². The summed E-state index contributed by atoms with van der Waals surface area (Å²) in [5.41, 5.74) is 1.38. The number of anilines is 1. The van der Waals surface area contributed by atoms with Crippen LogP contribution in [0.4, 0.5) is 10.5 Å². The number of hydrogen-bond donors (Lipinski definition) is 2. The Kier molecular flexibility index (Phi) is 6.88. The summed E-state index contributed by atoms with van der Waals surface area (Å²) in [6, 6.07) is 7.91. The maximum absolute atomic E-state index is 11.8. The zero-order valence-corrected chi connectivity index (χ0v) is 14.1. The van der Waals surface area contributed by atoms with Gasteiger partial charge in [-0.2, -0.15) is 0 Å². The van der Waals surface area contributed by atoms with Gasteiger partial charge in [0.1, 0.15) is 5.60 Å². The lowest BCUT2D eigenvalue weighted by atomic mass is 10.1. The van der Waals surface area contributed by atoms with Crippen molar-refractivity contribution in [2.75, 3.05) is 11.9 Å². The van der Waals surface area contributed by atoms with Crippen LogP contribution < -0.4 is 10.6 Å². The van der Waals surface area contributed by atoms with Crippen LogP contribution in [0.25, 0.3) is 0 Å². The predicted molar refractivity (Wildman–Crippen MR) is 91.7 cm³/mol. The van der Waals surface area contributed by atoms with E-state index in [0.29, 0.717) is 0 Å². The van der Waals surface area contributed by atoms with Gasteiger partial charge in [-0.1, -0.05) is 19.1 Å². The van der Waals surface area contributed by atoms with Gasteiger partial charge in [0.15, 0.2) is 0 Å². The molecule has 0 saturated carbocycles. The summed E-state index contributed by atoms with van der Waals surface area (Å²) in [7, 11) is 0. The van der Waals surface area contributed by atoms with Crippen molar-refractivity contribution in [1.82, 2.24) is 5.32 Å². The molecule has 4 heteroatoms. The molecule has 1 aromatic carbocycles. The van der Waals surface area contributed by atoms with E-state index in [0.717, 1.165) is 24.2 Å². The fourth-order valence-electron chi connectivity index (χ4n) is 1.83. The first-order chi connectivity index (χ1) is 10.2. The van der Waals surface area contributed by atoms with Gasteiger partial charge in [-0.05, 0) is 71.2 Å². The molecular formula is C18H28N2O2. The molecule has 0 spiro atoms. The number of nitrogens with one attached hydrogen (secondary N) is 2. The molecule has 0 aliphatic heterocycles. The van der Waals surface area contributed by atoms with Crippen LogP contribution in [-0.2, 0) is 11.2 Å². The number of carbonyl (C=O) groups is 1. The SMILES string of the molecule is [CH2]C(C)[C@H]([CH2])NCCc1cccc(NC(=O)OC(C)(C)C)c1. The van der Waals surface area contributed by atoms with Crippen LogP contribution in [0.2, 0.25) is 0 Å². The molecule has 2 atom stereocenters. The summed E-state index contributed by atoms with van der Waals surface area (Å²) in [4.78, 5) is 11.8. The Labute approximate surface area is 134 Å². The maximum Gasteiger partial charge on any atom is 0.412 e. The first kappa shape index (κ1) is 18.5. The molecule has 2 radical (unpaired) electrons.